The molecule has 3 heterocycles. The molecule has 0 saturated heterocycles. The number of nitrogens with one attached hydrogen (secondary N) is 5. The van der Waals surface area contributed by atoms with Gasteiger partial charge < -0.3 is 70.4 Å². The quantitative estimate of drug-likeness (QED) is 0.0147. The summed E-state index contributed by atoms with van der Waals surface area (Å²) in [4.78, 5) is 131. The van der Waals surface area contributed by atoms with Gasteiger partial charge in [0.25, 0.3) is 40.3 Å². The number of carbonyl (C=O) groups is 7. The minimum absolute atomic E-state index is 0.00113. The number of pyridine rings is 3. The summed E-state index contributed by atoms with van der Waals surface area (Å²) in [6.07, 6.45) is 7.48. The third kappa shape index (κ3) is 18.5. The van der Waals surface area contributed by atoms with Gasteiger partial charge in [-0.1, -0.05) is 12.1 Å². The molecule has 3 aromatic heterocycles. The van der Waals surface area contributed by atoms with Crippen molar-refractivity contribution < 1.29 is 54.0 Å². The highest BCUT2D eigenvalue weighted by Gasteiger charge is 2.23. The minimum Gasteiger partial charge on any atom is -0.512 e. The van der Waals surface area contributed by atoms with Crippen LogP contribution in [0.4, 0.5) is 5.69 Å². The number of hydrogen-bond acceptors (Lipinski definition) is 16. The Morgan fingerprint density at radius 1 is 0.610 bits per heavy atom. The Kier molecular flexibility index (Phi) is 23.1. The molecule has 0 spiro atoms. The van der Waals surface area contributed by atoms with E-state index in [1.165, 1.54) is 91.1 Å². The van der Waals surface area contributed by atoms with E-state index in [9.17, 15) is 68.4 Å². The molecule has 4 rings (SSSR count). The first-order chi connectivity index (χ1) is 36.5. The van der Waals surface area contributed by atoms with Crippen molar-refractivity contribution >= 4 is 47.4 Å². The molecule has 414 valence electrons. The number of carbonyl (C=O) groups excluding carboxylic acids is 7. The average molecular weight is 1070 g/mol. The van der Waals surface area contributed by atoms with Crippen molar-refractivity contribution in [1.82, 2.24) is 49.7 Å². The molecule has 1 atom stereocenters. The van der Waals surface area contributed by atoms with Crippen molar-refractivity contribution in [1.29, 1.82) is 0 Å². The van der Waals surface area contributed by atoms with Gasteiger partial charge in [0.05, 0.1) is 22.3 Å². The zero-order chi connectivity index (χ0) is 56.9. The van der Waals surface area contributed by atoms with Gasteiger partial charge in [0.1, 0.15) is 11.5 Å². The van der Waals surface area contributed by atoms with Crippen LogP contribution in [0.15, 0.2) is 99.0 Å². The molecular weight excluding hydrogens is 1000 g/mol. The van der Waals surface area contributed by atoms with Crippen LogP contribution in [0.25, 0.3) is 0 Å². The van der Waals surface area contributed by atoms with E-state index in [1.807, 2.05) is 9.80 Å². The molecule has 0 aliphatic carbocycles. The van der Waals surface area contributed by atoms with Crippen LogP contribution in [0.5, 0.6) is 17.2 Å². The van der Waals surface area contributed by atoms with Crippen LogP contribution in [0.3, 0.4) is 0 Å². The lowest BCUT2D eigenvalue weighted by Crippen LogP contribution is -2.46. The summed E-state index contributed by atoms with van der Waals surface area (Å²) in [5.74, 6) is -6.28. The predicted octanol–water partition coefficient (Wildman–Crippen LogP) is -0.190. The van der Waals surface area contributed by atoms with E-state index in [2.05, 4.69) is 26.6 Å². The number of aromatic hydroxyl groups is 3. The zero-order valence-electron chi connectivity index (χ0n) is 43.8. The Morgan fingerprint density at radius 2 is 1.01 bits per heavy atom. The Morgan fingerprint density at radius 3 is 1.39 bits per heavy atom. The van der Waals surface area contributed by atoms with Crippen LogP contribution < -0.4 is 43.3 Å². The molecular formula is C52H67N11O14. The number of amides is 6. The second-order valence-electron chi connectivity index (χ2n) is 18.2. The van der Waals surface area contributed by atoms with Crippen LogP contribution >= 0.6 is 0 Å². The minimum atomic E-state index is -0.782. The molecule has 0 aliphatic heterocycles. The average Bonchev–Trinajstić information content (AvgIpc) is 3.38. The Hall–Kier alpha value is -8.84. The van der Waals surface area contributed by atoms with Crippen LogP contribution in [0.1, 0.15) is 63.3 Å². The number of anilines is 1. The van der Waals surface area contributed by atoms with E-state index in [4.69, 9.17) is 0 Å². The summed E-state index contributed by atoms with van der Waals surface area (Å²) < 4.78 is 3.33. The fourth-order valence-corrected chi connectivity index (χ4v) is 7.75. The van der Waals surface area contributed by atoms with Crippen molar-refractivity contribution in [2.75, 3.05) is 77.8 Å². The molecule has 0 fully saturated rings. The van der Waals surface area contributed by atoms with Gasteiger partial charge in [0, 0.05) is 137 Å². The number of ketones is 1. The summed E-state index contributed by atoms with van der Waals surface area (Å²) >= 11 is 0. The topological polar surface area (TPSA) is 336 Å². The van der Waals surface area contributed by atoms with E-state index >= 15 is 0 Å². The number of hydrogen-bond donors (Lipinski definition) is 9. The number of Topliss-reactive ketones (excluding diaryl/α,β-unsaturated/α-hetero) is 1. The second-order valence-corrected chi connectivity index (χ2v) is 18.2. The van der Waals surface area contributed by atoms with Crippen LogP contribution in [0.2, 0.25) is 0 Å². The first-order valence-electron chi connectivity index (χ1n) is 24.4. The maximum absolute atomic E-state index is 13.4. The third-order valence-corrected chi connectivity index (χ3v) is 12.1. The number of benzene rings is 1. The van der Waals surface area contributed by atoms with Crippen molar-refractivity contribution in [3.05, 3.63) is 138 Å². The largest absolute Gasteiger partial charge is 0.512 e. The van der Waals surface area contributed by atoms with E-state index in [-0.39, 0.29) is 124 Å². The number of aliphatic hydroxyl groups excluding tert-OH is 1. The summed E-state index contributed by atoms with van der Waals surface area (Å²) in [5, 5.41) is 55.5. The van der Waals surface area contributed by atoms with Gasteiger partial charge in [-0.2, -0.15) is 0 Å². The van der Waals surface area contributed by atoms with Gasteiger partial charge in [0.15, 0.2) is 17.2 Å². The SMILES string of the molecule is CC(=O)CCC(=O)Nc1ccc(CC(CN(CCNC(=O)C(/C=C\N(C)C=O)=C(/C)O)CCNC(=O)c2ccn(C)c(=O)c2O)CN(CCNC(=O)c2ccn(C)c(=O)c2O)CCNC(=O)c2ccn(C)c(=O)c2O)cc1. The molecule has 4 aromatic rings. The molecule has 25 nitrogen and oxygen atoms in total. The molecule has 25 heteroatoms. The number of aromatic nitrogens is 3. The monoisotopic (exact) mass is 1070 g/mol. The molecule has 6 amide bonds. The number of aryl methyl sites for hydroxylation is 3. The van der Waals surface area contributed by atoms with Gasteiger partial charge in [0.2, 0.25) is 12.3 Å². The number of allylic oxidation sites excluding steroid dienone is 1. The molecule has 0 radical (unpaired) electrons. The van der Waals surface area contributed by atoms with Crippen molar-refractivity contribution in [3.8, 4) is 17.2 Å². The van der Waals surface area contributed by atoms with Crippen LogP contribution in [-0.4, -0.2) is 163 Å². The van der Waals surface area contributed by atoms with Crippen LogP contribution in [0, 0.1) is 5.92 Å². The van der Waals surface area contributed by atoms with Gasteiger partial charge in [-0.15, -0.1) is 0 Å². The maximum Gasteiger partial charge on any atom is 0.293 e. The van der Waals surface area contributed by atoms with E-state index in [0.29, 0.717) is 18.5 Å². The lowest BCUT2D eigenvalue weighted by Gasteiger charge is -2.32. The van der Waals surface area contributed by atoms with Crippen molar-refractivity contribution in [3.63, 3.8) is 0 Å². The summed E-state index contributed by atoms with van der Waals surface area (Å²) in [6.45, 7) is 3.58. The third-order valence-electron chi connectivity index (χ3n) is 12.1. The maximum atomic E-state index is 13.4. The molecule has 0 bridgehead atoms. The first-order valence-corrected chi connectivity index (χ1v) is 24.4. The summed E-state index contributed by atoms with van der Waals surface area (Å²) in [7, 11) is 5.68. The molecule has 1 aromatic carbocycles. The highest BCUT2D eigenvalue weighted by atomic mass is 16.3. The Labute approximate surface area is 443 Å². The lowest BCUT2D eigenvalue weighted by molar-refractivity contribution is -0.121. The van der Waals surface area contributed by atoms with E-state index in [0.717, 1.165) is 24.2 Å². The van der Waals surface area contributed by atoms with Crippen molar-refractivity contribution in [2.24, 2.45) is 27.1 Å². The second kappa shape index (κ2) is 29.3. The normalized spacial score (nSPS) is 11.9. The molecule has 0 saturated carbocycles. The van der Waals surface area contributed by atoms with Gasteiger partial charge in [-0.3, -0.25) is 53.0 Å². The summed E-state index contributed by atoms with van der Waals surface area (Å²) in [5.41, 5.74) is -1.94. The zero-order valence-corrected chi connectivity index (χ0v) is 43.8. The summed E-state index contributed by atoms with van der Waals surface area (Å²) in [6, 6.07) is 10.9. The first kappa shape index (κ1) is 60.7. The number of nitrogens with zero attached hydrogens (tertiary/aromatic N) is 6. The smallest absolute Gasteiger partial charge is 0.293 e. The van der Waals surface area contributed by atoms with Crippen molar-refractivity contribution in [2.45, 2.75) is 33.1 Å². The standard InChI is InChI=1S/C52H67N11O14/c1-33(65)7-12-42(67)57-37-10-8-35(9-11-37)29-36(30-62(25-17-53-46(71)38(34(2)66)13-21-58(3)32-64)26-18-54-47(72)39-14-22-59(4)50(75)43(39)68)31-63(27-19-55-48(73)40-15-23-60(5)51(76)44(40)69)28-20-56-49(74)41-16-24-61(6)52(77)45(41)70/h8-11,13-16,21-24,32,36,66,68-70H,7,12,17-20,25-31H2,1-6H3,(H,53,71)(H,54,72)(H,55,73)(H,56,74)(H,57,67)/b21-13-,38-34-. The molecule has 77 heavy (non-hydrogen) atoms. The van der Waals surface area contributed by atoms with Gasteiger partial charge >= 0.3 is 0 Å². The lowest BCUT2D eigenvalue weighted by atomic mass is 9.97. The number of aliphatic hydroxyl groups is 1. The molecule has 0 aliphatic rings. The van der Waals surface area contributed by atoms with Gasteiger partial charge in [-0.25, -0.2) is 0 Å². The highest BCUT2D eigenvalue weighted by molar-refractivity contribution is 5.98. The van der Waals surface area contributed by atoms with E-state index in [1.54, 1.807) is 24.3 Å². The fourth-order valence-electron chi connectivity index (χ4n) is 7.75. The highest BCUT2D eigenvalue weighted by Crippen LogP contribution is 2.18. The molecule has 1 unspecified atom stereocenters. The van der Waals surface area contributed by atoms with E-state index < -0.39 is 57.6 Å². The molecule has 9 N–H and O–H groups in total. The fraction of sp³-hybridized carbons (Fsp3) is 0.385. The number of rotatable bonds is 29. The Bertz CT molecular complexity index is 2950. The van der Waals surface area contributed by atoms with Gasteiger partial charge in [-0.05, 0) is 68.2 Å². The Balaban J connectivity index is 1.70. The predicted molar refractivity (Wildman–Crippen MR) is 283 cm³/mol. The van der Waals surface area contributed by atoms with Crippen LogP contribution in [-0.2, 0) is 46.7 Å².